The van der Waals surface area contributed by atoms with Crippen LogP contribution in [0.1, 0.15) is 24.8 Å². The highest BCUT2D eigenvalue weighted by Gasteiger charge is 2.20. The van der Waals surface area contributed by atoms with Crippen LogP contribution in [0.3, 0.4) is 0 Å². The van der Waals surface area contributed by atoms with Gasteiger partial charge < -0.3 is 4.90 Å². The van der Waals surface area contributed by atoms with E-state index in [0.717, 1.165) is 19.4 Å². The van der Waals surface area contributed by atoms with Gasteiger partial charge >= 0.3 is 0 Å². The van der Waals surface area contributed by atoms with Gasteiger partial charge in [0.25, 0.3) is 0 Å². The Morgan fingerprint density at radius 3 is 2.81 bits per heavy atom. The van der Waals surface area contributed by atoms with E-state index in [9.17, 15) is 4.79 Å². The summed E-state index contributed by atoms with van der Waals surface area (Å²) in [5.74, 6) is 0.832. The molecule has 0 unspecified atom stereocenters. The molecule has 86 valence electrons. The Morgan fingerprint density at radius 2 is 2.06 bits per heavy atom. The van der Waals surface area contributed by atoms with Crippen LogP contribution in [0.2, 0.25) is 0 Å². The number of amides is 1. The highest BCUT2D eigenvalue weighted by Crippen LogP contribution is 2.21. The molecule has 1 aromatic carbocycles. The van der Waals surface area contributed by atoms with Gasteiger partial charge in [-0.15, -0.1) is 0 Å². The Morgan fingerprint density at radius 1 is 1.31 bits per heavy atom. The Hall–Kier alpha value is -1.31. The van der Waals surface area contributed by atoms with E-state index in [1.807, 2.05) is 18.0 Å². The maximum Gasteiger partial charge on any atom is 0.222 e. The third-order valence-corrected chi connectivity index (χ3v) is 3.36. The van der Waals surface area contributed by atoms with Crippen molar-refractivity contribution >= 4 is 5.91 Å². The fraction of sp³-hybridized carbons (Fsp3) is 0.500. The molecule has 1 aliphatic heterocycles. The van der Waals surface area contributed by atoms with Crippen LogP contribution in [0.5, 0.6) is 0 Å². The minimum atomic E-state index is 0.304. The van der Waals surface area contributed by atoms with Crippen molar-refractivity contribution in [3.63, 3.8) is 0 Å². The molecule has 2 rings (SSSR count). The van der Waals surface area contributed by atoms with Gasteiger partial charge in [-0.25, -0.2) is 0 Å². The maximum absolute atomic E-state index is 11.7. The predicted molar refractivity (Wildman–Crippen MR) is 65.1 cm³/mol. The van der Waals surface area contributed by atoms with Gasteiger partial charge in [-0.2, -0.15) is 0 Å². The van der Waals surface area contributed by atoms with Gasteiger partial charge in [0.1, 0.15) is 0 Å². The van der Waals surface area contributed by atoms with E-state index in [1.165, 1.54) is 12.0 Å². The van der Waals surface area contributed by atoms with Crippen molar-refractivity contribution in [3.8, 4) is 0 Å². The van der Waals surface area contributed by atoms with E-state index in [4.69, 9.17) is 0 Å². The zero-order valence-electron chi connectivity index (χ0n) is 9.86. The molecule has 0 aliphatic carbocycles. The average molecular weight is 217 g/mol. The first-order valence-corrected chi connectivity index (χ1v) is 6.03. The maximum atomic E-state index is 11.7. The van der Waals surface area contributed by atoms with Gasteiger partial charge in [-0.05, 0) is 30.7 Å². The number of benzene rings is 1. The van der Waals surface area contributed by atoms with Gasteiger partial charge in [-0.1, -0.05) is 30.3 Å². The van der Waals surface area contributed by atoms with Gasteiger partial charge in [-0.3, -0.25) is 4.79 Å². The van der Waals surface area contributed by atoms with Crippen LogP contribution in [-0.2, 0) is 11.2 Å². The van der Waals surface area contributed by atoms with E-state index in [1.54, 1.807) is 0 Å². The van der Waals surface area contributed by atoms with Crippen LogP contribution in [-0.4, -0.2) is 24.4 Å². The number of nitrogens with zero attached hydrogens (tertiary/aromatic N) is 1. The van der Waals surface area contributed by atoms with Gasteiger partial charge in [0.05, 0.1) is 0 Å². The molecule has 0 spiro atoms. The van der Waals surface area contributed by atoms with Gasteiger partial charge in [0.2, 0.25) is 5.91 Å². The lowest BCUT2D eigenvalue weighted by Crippen LogP contribution is -2.26. The largest absolute Gasteiger partial charge is 0.346 e. The molecule has 0 aromatic heterocycles. The second kappa shape index (κ2) is 5.15. The van der Waals surface area contributed by atoms with Crippen LogP contribution in [0, 0.1) is 5.92 Å². The van der Waals surface area contributed by atoms with Crippen LogP contribution in [0.15, 0.2) is 30.3 Å². The third-order valence-electron chi connectivity index (χ3n) is 3.36. The topological polar surface area (TPSA) is 20.3 Å². The van der Waals surface area contributed by atoms with Gasteiger partial charge in [0.15, 0.2) is 0 Å². The van der Waals surface area contributed by atoms with Crippen LogP contribution in [0.25, 0.3) is 0 Å². The molecule has 1 aromatic rings. The van der Waals surface area contributed by atoms with Crippen molar-refractivity contribution in [1.29, 1.82) is 0 Å². The Kier molecular flexibility index (Phi) is 3.60. The highest BCUT2D eigenvalue weighted by molar-refractivity contribution is 5.76. The number of carbonyl (C=O) groups is 1. The first kappa shape index (κ1) is 11.2. The fourth-order valence-corrected chi connectivity index (χ4v) is 2.37. The normalized spacial score (nSPS) is 21.9. The average Bonchev–Trinajstić information content (AvgIpc) is 2.43. The summed E-state index contributed by atoms with van der Waals surface area (Å²) >= 11 is 0. The molecule has 1 heterocycles. The lowest BCUT2D eigenvalue weighted by atomic mass is 9.92. The number of rotatable bonds is 2. The Labute approximate surface area is 97.3 Å². The van der Waals surface area contributed by atoms with E-state index < -0.39 is 0 Å². The summed E-state index contributed by atoms with van der Waals surface area (Å²) in [7, 11) is 1.91. The van der Waals surface area contributed by atoms with Crippen molar-refractivity contribution in [3.05, 3.63) is 35.9 Å². The summed E-state index contributed by atoms with van der Waals surface area (Å²) in [6, 6.07) is 10.5. The van der Waals surface area contributed by atoms with E-state index >= 15 is 0 Å². The third kappa shape index (κ3) is 2.84. The van der Waals surface area contributed by atoms with E-state index in [0.29, 0.717) is 18.2 Å². The number of hydrogen-bond donors (Lipinski definition) is 0. The van der Waals surface area contributed by atoms with Gasteiger partial charge in [0, 0.05) is 20.0 Å². The first-order chi connectivity index (χ1) is 7.75. The second-order valence-electron chi connectivity index (χ2n) is 4.72. The molecular formula is C14H19NO. The molecule has 1 saturated heterocycles. The molecule has 1 fully saturated rings. The summed E-state index contributed by atoms with van der Waals surface area (Å²) < 4.78 is 0. The lowest BCUT2D eigenvalue weighted by Gasteiger charge is -2.14. The minimum Gasteiger partial charge on any atom is -0.346 e. The monoisotopic (exact) mass is 217 g/mol. The molecule has 1 atom stereocenters. The molecule has 0 N–H and O–H groups in total. The van der Waals surface area contributed by atoms with E-state index in [2.05, 4.69) is 24.3 Å². The summed E-state index contributed by atoms with van der Waals surface area (Å²) in [5, 5.41) is 0. The smallest absolute Gasteiger partial charge is 0.222 e. The lowest BCUT2D eigenvalue weighted by molar-refractivity contribution is -0.130. The Balaban J connectivity index is 1.97. The zero-order chi connectivity index (χ0) is 11.4. The molecule has 1 amide bonds. The van der Waals surface area contributed by atoms with Crippen LogP contribution < -0.4 is 0 Å². The van der Waals surface area contributed by atoms with Crippen molar-refractivity contribution in [1.82, 2.24) is 4.90 Å². The molecule has 2 nitrogen and oxygen atoms in total. The summed E-state index contributed by atoms with van der Waals surface area (Å²) in [5.41, 5.74) is 1.35. The van der Waals surface area contributed by atoms with Crippen LogP contribution in [0.4, 0.5) is 0 Å². The second-order valence-corrected chi connectivity index (χ2v) is 4.72. The molecule has 1 aliphatic rings. The number of likely N-dealkylation sites (tertiary alicyclic amines) is 1. The molecule has 0 bridgehead atoms. The standard InChI is InChI=1S/C14H19NO/c1-15-9-5-8-13(11-14(15)16)10-12-6-3-2-4-7-12/h2-4,6-7,13H,5,8-11H2,1H3/t13-/m1/s1. The SMILES string of the molecule is CN1CCC[C@H](Cc2ccccc2)CC1=O. The van der Waals surface area contributed by atoms with Crippen LogP contribution >= 0.6 is 0 Å². The molecular weight excluding hydrogens is 198 g/mol. The van der Waals surface area contributed by atoms with Crippen molar-refractivity contribution < 1.29 is 4.79 Å². The molecule has 0 radical (unpaired) electrons. The highest BCUT2D eigenvalue weighted by atomic mass is 16.2. The molecule has 0 saturated carbocycles. The summed E-state index contributed by atoms with van der Waals surface area (Å²) in [6.07, 6.45) is 4.07. The minimum absolute atomic E-state index is 0.304. The quantitative estimate of drug-likeness (QED) is 0.745. The molecule has 16 heavy (non-hydrogen) atoms. The number of hydrogen-bond acceptors (Lipinski definition) is 1. The summed E-state index contributed by atoms with van der Waals surface area (Å²) in [4.78, 5) is 13.6. The predicted octanol–water partition coefficient (Wildman–Crippen LogP) is 2.49. The fourth-order valence-electron chi connectivity index (χ4n) is 2.37. The zero-order valence-corrected chi connectivity index (χ0v) is 9.86. The van der Waals surface area contributed by atoms with Crippen molar-refractivity contribution in [2.75, 3.05) is 13.6 Å². The Bertz CT molecular complexity index is 347. The van der Waals surface area contributed by atoms with Crippen molar-refractivity contribution in [2.45, 2.75) is 25.7 Å². The summed E-state index contributed by atoms with van der Waals surface area (Å²) in [6.45, 7) is 0.921. The van der Waals surface area contributed by atoms with E-state index in [-0.39, 0.29) is 0 Å². The first-order valence-electron chi connectivity index (χ1n) is 6.03. The number of carbonyl (C=O) groups excluding carboxylic acids is 1. The van der Waals surface area contributed by atoms with Crippen molar-refractivity contribution in [2.24, 2.45) is 5.92 Å². The molecule has 2 heteroatoms.